The topological polar surface area (TPSA) is 130 Å². The number of carbonyl (C=O) groups is 1. The normalized spacial score (nSPS) is 19.6. The largest absolute Gasteiger partial charge is 0.480 e. The van der Waals surface area contributed by atoms with Gasteiger partial charge in [0.15, 0.2) is 0 Å². The molecule has 0 aromatic carbocycles. The molecule has 20 heavy (non-hydrogen) atoms. The van der Waals surface area contributed by atoms with E-state index < -0.39 is 37.8 Å². The van der Waals surface area contributed by atoms with E-state index in [2.05, 4.69) is 0 Å². The number of nitrogens with one attached hydrogen (secondary N) is 1. The highest BCUT2D eigenvalue weighted by Gasteiger charge is 2.30. The zero-order chi connectivity index (χ0) is 15.4. The quantitative estimate of drug-likeness (QED) is 0.554. The molecule has 1 atom stereocenters. The monoisotopic (exact) mass is 330 g/mol. The smallest absolute Gasteiger partial charge is 0.321 e. The van der Waals surface area contributed by atoms with Gasteiger partial charge in [0.25, 0.3) is 10.2 Å². The lowest BCUT2D eigenvalue weighted by molar-refractivity contribution is -0.139. The first-order valence-corrected chi connectivity index (χ1v) is 9.37. The molecule has 0 aromatic rings. The van der Waals surface area contributed by atoms with Crippen LogP contribution in [0.4, 0.5) is 0 Å². The Morgan fingerprint density at radius 3 is 2.30 bits per heavy atom. The lowest BCUT2D eigenvalue weighted by atomic mass is 10.2. The highest BCUT2D eigenvalue weighted by Crippen LogP contribution is 2.06. The molecule has 0 radical (unpaired) electrons. The molecule has 1 aliphatic heterocycles. The Morgan fingerprint density at radius 2 is 1.85 bits per heavy atom. The van der Waals surface area contributed by atoms with Gasteiger partial charge in [-0.3, -0.25) is 4.79 Å². The Balaban J connectivity index is 2.71. The van der Waals surface area contributed by atoms with Crippen molar-refractivity contribution in [2.45, 2.75) is 12.5 Å². The Morgan fingerprint density at radius 1 is 1.30 bits per heavy atom. The highest BCUT2D eigenvalue weighted by molar-refractivity contribution is 7.90. The van der Waals surface area contributed by atoms with Crippen LogP contribution in [0, 0.1) is 0 Å². The Bertz CT molecular complexity index is 537. The molecule has 2 N–H and O–H groups in total. The van der Waals surface area contributed by atoms with Crippen molar-refractivity contribution in [1.29, 1.82) is 0 Å². The van der Waals surface area contributed by atoms with Gasteiger partial charge in [0, 0.05) is 19.3 Å². The first-order valence-electron chi connectivity index (χ1n) is 5.87. The van der Waals surface area contributed by atoms with Gasteiger partial charge < -0.3 is 9.84 Å². The minimum absolute atomic E-state index is 0.133. The van der Waals surface area contributed by atoms with Gasteiger partial charge in [0.05, 0.1) is 19.0 Å². The van der Waals surface area contributed by atoms with Crippen molar-refractivity contribution in [1.82, 2.24) is 9.03 Å². The fraction of sp³-hybridized carbons (Fsp3) is 0.889. The SMILES string of the molecule is CS(=O)(=O)CCC(NS(=O)(=O)N1CCOCC1)C(=O)O. The van der Waals surface area contributed by atoms with E-state index in [1.54, 1.807) is 0 Å². The van der Waals surface area contributed by atoms with E-state index in [9.17, 15) is 21.6 Å². The third-order valence-corrected chi connectivity index (χ3v) is 5.28. The number of nitrogens with zero attached hydrogens (tertiary/aromatic N) is 1. The molecule has 1 fully saturated rings. The predicted molar refractivity (Wildman–Crippen MR) is 70.2 cm³/mol. The maximum atomic E-state index is 12.0. The molecule has 1 heterocycles. The summed E-state index contributed by atoms with van der Waals surface area (Å²) in [5.41, 5.74) is 0. The van der Waals surface area contributed by atoms with Gasteiger partial charge in [-0.25, -0.2) is 8.42 Å². The minimum Gasteiger partial charge on any atom is -0.480 e. The Labute approximate surface area is 118 Å². The number of aliphatic carboxylic acids is 1. The number of carboxylic acids is 1. The second-order valence-corrected chi connectivity index (χ2v) is 8.41. The summed E-state index contributed by atoms with van der Waals surface area (Å²) >= 11 is 0. The number of rotatable bonds is 7. The number of hydrogen-bond acceptors (Lipinski definition) is 6. The molecule has 1 saturated heterocycles. The average molecular weight is 330 g/mol. The number of hydrogen-bond donors (Lipinski definition) is 2. The summed E-state index contributed by atoms with van der Waals surface area (Å²) < 4.78 is 54.1. The van der Waals surface area contributed by atoms with Gasteiger partial charge in [-0.15, -0.1) is 0 Å². The lowest BCUT2D eigenvalue weighted by Gasteiger charge is -2.27. The third kappa shape index (κ3) is 5.71. The maximum absolute atomic E-state index is 12.0. The van der Waals surface area contributed by atoms with Crippen LogP contribution in [-0.4, -0.2) is 76.6 Å². The molecule has 0 amide bonds. The number of carboxylic acid groups (broad SMARTS) is 1. The molecule has 118 valence electrons. The molecule has 11 heteroatoms. The van der Waals surface area contributed by atoms with Crippen LogP contribution in [0.25, 0.3) is 0 Å². The number of sulfone groups is 1. The fourth-order valence-electron chi connectivity index (χ4n) is 1.61. The second kappa shape index (κ2) is 6.80. The van der Waals surface area contributed by atoms with Crippen LogP contribution in [0.3, 0.4) is 0 Å². The molecule has 0 bridgehead atoms. The van der Waals surface area contributed by atoms with E-state index in [0.29, 0.717) is 0 Å². The summed E-state index contributed by atoms with van der Waals surface area (Å²) in [5, 5.41) is 8.97. The van der Waals surface area contributed by atoms with Gasteiger partial charge in [-0.1, -0.05) is 0 Å². The summed E-state index contributed by atoms with van der Waals surface area (Å²) in [6.45, 7) is 0.742. The Hall–Kier alpha value is -0.750. The maximum Gasteiger partial charge on any atom is 0.321 e. The summed E-state index contributed by atoms with van der Waals surface area (Å²) in [4.78, 5) is 11.0. The second-order valence-electron chi connectivity index (χ2n) is 4.44. The van der Waals surface area contributed by atoms with Crippen molar-refractivity contribution in [2.75, 3.05) is 38.3 Å². The zero-order valence-electron chi connectivity index (χ0n) is 11.0. The Kier molecular flexibility index (Phi) is 5.89. The zero-order valence-corrected chi connectivity index (χ0v) is 12.6. The van der Waals surface area contributed by atoms with E-state index in [4.69, 9.17) is 9.84 Å². The summed E-state index contributed by atoms with van der Waals surface area (Å²) in [5.74, 6) is -1.82. The first-order chi connectivity index (χ1) is 9.12. The van der Waals surface area contributed by atoms with Gasteiger partial charge in [-0.05, 0) is 6.42 Å². The molecular weight excluding hydrogens is 312 g/mol. The molecule has 9 nitrogen and oxygen atoms in total. The van der Waals surface area contributed by atoms with Crippen LogP contribution < -0.4 is 4.72 Å². The molecule has 1 unspecified atom stereocenters. The minimum atomic E-state index is -3.97. The number of ether oxygens (including phenoxy) is 1. The predicted octanol–water partition coefficient (Wildman–Crippen LogP) is -1.96. The molecule has 1 rings (SSSR count). The van der Waals surface area contributed by atoms with Gasteiger partial charge >= 0.3 is 5.97 Å². The van der Waals surface area contributed by atoms with Crippen LogP contribution in [0.1, 0.15) is 6.42 Å². The van der Waals surface area contributed by atoms with Gasteiger partial charge in [0.1, 0.15) is 15.9 Å². The summed E-state index contributed by atoms with van der Waals surface area (Å²) in [7, 11) is -7.33. The standard InChI is InChI=1S/C9H18N2O7S2/c1-19(14,15)7-2-8(9(12)13)10-20(16,17)11-3-5-18-6-4-11/h8,10H,2-7H2,1H3,(H,12,13). The van der Waals surface area contributed by atoms with E-state index in [1.807, 2.05) is 4.72 Å². The van der Waals surface area contributed by atoms with Crippen LogP contribution in [0.5, 0.6) is 0 Å². The van der Waals surface area contributed by atoms with Crippen molar-refractivity contribution in [3.8, 4) is 0 Å². The summed E-state index contributed by atoms with van der Waals surface area (Å²) in [6, 6.07) is -1.47. The van der Waals surface area contributed by atoms with Crippen LogP contribution in [0.15, 0.2) is 0 Å². The fourth-order valence-corrected chi connectivity index (χ4v) is 3.63. The van der Waals surface area contributed by atoms with Crippen LogP contribution in [0.2, 0.25) is 0 Å². The average Bonchev–Trinajstić information content (AvgIpc) is 2.34. The summed E-state index contributed by atoms with van der Waals surface area (Å²) in [6.07, 6.45) is 0.639. The highest BCUT2D eigenvalue weighted by atomic mass is 32.2. The van der Waals surface area contributed by atoms with Crippen LogP contribution >= 0.6 is 0 Å². The lowest BCUT2D eigenvalue weighted by Crippen LogP contribution is -2.51. The third-order valence-electron chi connectivity index (χ3n) is 2.68. The molecule has 0 aromatic heterocycles. The molecule has 0 aliphatic carbocycles. The molecule has 0 spiro atoms. The first kappa shape index (κ1) is 17.3. The molecule has 1 aliphatic rings. The molecular formula is C9H18N2O7S2. The van der Waals surface area contributed by atoms with E-state index >= 15 is 0 Å². The van der Waals surface area contributed by atoms with Gasteiger partial charge in [0.2, 0.25) is 0 Å². The van der Waals surface area contributed by atoms with Crippen molar-refractivity contribution in [3.05, 3.63) is 0 Å². The van der Waals surface area contributed by atoms with E-state index in [-0.39, 0.29) is 32.7 Å². The molecule has 0 saturated carbocycles. The van der Waals surface area contributed by atoms with E-state index in [1.165, 1.54) is 0 Å². The van der Waals surface area contributed by atoms with Crippen molar-refractivity contribution in [3.63, 3.8) is 0 Å². The van der Waals surface area contributed by atoms with Crippen molar-refractivity contribution in [2.24, 2.45) is 0 Å². The van der Waals surface area contributed by atoms with Crippen molar-refractivity contribution >= 4 is 26.0 Å². The van der Waals surface area contributed by atoms with Crippen LogP contribution in [-0.2, 0) is 29.6 Å². The van der Waals surface area contributed by atoms with Gasteiger partial charge in [-0.2, -0.15) is 17.4 Å². The van der Waals surface area contributed by atoms with Crippen molar-refractivity contribution < 1.29 is 31.5 Å². The van der Waals surface area contributed by atoms with E-state index in [0.717, 1.165) is 10.6 Å². The number of morpholine rings is 1.